The van der Waals surface area contributed by atoms with Crippen LogP contribution in [0.1, 0.15) is 13.8 Å². The molecule has 0 spiro atoms. The maximum absolute atomic E-state index is 5.92. The molecular weight excluding hydrogens is 222 g/mol. The van der Waals surface area contributed by atoms with Gasteiger partial charge >= 0.3 is 0 Å². The normalized spacial score (nSPS) is 21.1. The van der Waals surface area contributed by atoms with E-state index in [9.17, 15) is 0 Å². The van der Waals surface area contributed by atoms with E-state index in [0.29, 0.717) is 5.15 Å². The smallest absolute Gasteiger partial charge is 0.131 e. The Morgan fingerprint density at radius 2 is 2.12 bits per heavy atom. The van der Waals surface area contributed by atoms with E-state index in [-0.39, 0.29) is 5.54 Å². The van der Waals surface area contributed by atoms with Crippen LogP contribution in [0.3, 0.4) is 0 Å². The highest BCUT2D eigenvalue weighted by Gasteiger charge is 2.31. The highest BCUT2D eigenvalue weighted by Crippen LogP contribution is 2.25. The maximum Gasteiger partial charge on any atom is 0.131 e. The fourth-order valence-corrected chi connectivity index (χ4v) is 2.22. The average Bonchev–Trinajstić information content (AvgIpc) is 2.22. The fraction of sp³-hybridized carbons (Fsp3) is 0.583. The molecule has 2 heterocycles. The summed E-state index contributed by atoms with van der Waals surface area (Å²) in [7, 11) is 2.18. The molecule has 0 unspecified atom stereocenters. The van der Waals surface area contributed by atoms with Gasteiger partial charge in [0.15, 0.2) is 0 Å². The molecule has 0 aliphatic carbocycles. The second-order valence-electron chi connectivity index (χ2n) is 4.99. The van der Waals surface area contributed by atoms with Crippen molar-refractivity contribution in [3.8, 4) is 0 Å². The molecular formula is C12H18ClN3. The first-order valence-corrected chi connectivity index (χ1v) is 5.94. The summed E-state index contributed by atoms with van der Waals surface area (Å²) in [6, 6.07) is 3.95. The fourth-order valence-electron chi connectivity index (χ4n) is 2.05. The second kappa shape index (κ2) is 4.22. The van der Waals surface area contributed by atoms with Crippen LogP contribution < -0.4 is 4.90 Å². The number of rotatable bonds is 1. The molecule has 0 atom stereocenters. The Labute approximate surface area is 102 Å². The van der Waals surface area contributed by atoms with Gasteiger partial charge in [-0.25, -0.2) is 4.98 Å². The van der Waals surface area contributed by atoms with Gasteiger partial charge in [-0.15, -0.1) is 0 Å². The van der Waals surface area contributed by atoms with Gasteiger partial charge in [-0.05, 0) is 33.0 Å². The number of piperazine rings is 1. The van der Waals surface area contributed by atoms with Gasteiger partial charge in [-0.2, -0.15) is 0 Å². The topological polar surface area (TPSA) is 19.4 Å². The second-order valence-corrected chi connectivity index (χ2v) is 5.38. The highest BCUT2D eigenvalue weighted by atomic mass is 35.5. The van der Waals surface area contributed by atoms with Gasteiger partial charge in [0.25, 0.3) is 0 Å². The summed E-state index contributed by atoms with van der Waals surface area (Å²) < 4.78 is 0. The first-order valence-electron chi connectivity index (χ1n) is 5.57. The molecule has 0 radical (unpaired) electrons. The third-order valence-corrected chi connectivity index (χ3v) is 3.60. The Balaban J connectivity index is 2.18. The molecule has 16 heavy (non-hydrogen) atoms. The molecule has 0 amide bonds. The van der Waals surface area contributed by atoms with Crippen LogP contribution in [0.25, 0.3) is 0 Å². The number of aromatic nitrogens is 1. The summed E-state index contributed by atoms with van der Waals surface area (Å²) in [6.45, 7) is 7.67. The van der Waals surface area contributed by atoms with E-state index in [4.69, 9.17) is 11.6 Å². The largest absolute Gasteiger partial charge is 0.368 e. The first-order chi connectivity index (χ1) is 7.49. The molecule has 0 saturated carbocycles. The Morgan fingerprint density at radius 3 is 2.75 bits per heavy atom. The minimum absolute atomic E-state index is 0.202. The molecule has 1 fully saturated rings. The molecule has 2 rings (SSSR count). The molecule has 1 aromatic rings. The van der Waals surface area contributed by atoms with Crippen LogP contribution in [0.5, 0.6) is 0 Å². The summed E-state index contributed by atoms with van der Waals surface area (Å²) in [4.78, 5) is 8.78. The van der Waals surface area contributed by atoms with E-state index in [1.54, 1.807) is 6.20 Å². The van der Waals surface area contributed by atoms with E-state index in [1.165, 1.54) is 5.69 Å². The Morgan fingerprint density at radius 1 is 1.38 bits per heavy atom. The zero-order chi connectivity index (χ0) is 11.8. The van der Waals surface area contributed by atoms with Crippen molar-refractivity contribution in [1.82, 2.24) is 9.88 Å². The molecule has 1 aliphatic rings. The van der Waals surface area contributed by atoms with Crippen molar-refractivity contribution in [1.29, 1.82) is 0 Å². The predicted molar refractivity (Wildman–Crippen MR) is 68.2 cm³/mol. The minimum atomic E-state index is 0.202. The molecule has 3 nitrogen and oxygen atoms in total. The van der Waals surface area contributed by atoms with Crippen molar-refractivity contribution in [3.63, 3.8) is 0 Å². The van der Waals surface area contributed by atoms with Gasteiger partial charge in [0.05, 0.1) is 0 Å². The SMILES string of the molecule is CN1CCN(c2ccnc(Cl)c2)CC1(C)C. The minimum Gasteiger partial charge on any atom is -0.368 e. The number of nitrogens with zero attached hydrogens (tertiary/aromatic N) is 3. The maximum atomic E-state index is 5.92. The van der Waals surface area contributed by atoms with Crippen LogP contribution in [0, 0.1) is 0 Å². The standard InChI is InChI=1S/C12H18ClN3/c1-12(2)9-16(7-6-15(12)3)10-4-5-14-11(13)8-10/h4-5,8H,6-7,9H2,1-3H3. The van der Waals surface area contributed by atoms with Crippen LogP contribution >= 0.6 is 11.6 Å². The molecule has 0 bridgehead atoms. The number of hydrogen-bond donors (Lipinski definition) is 0. The number of pyridine rings is 1. The van der Waals surface area contributed by atoms with Crippen LogP contribution in [0.2, 0.25) is 5.15 Å². The van der Waals surface area contributed by atoms with E-state index in [1.807, 2.05) is 12.1 Å². The summed E-state index contributed by atoms with van der Waals surface area (Å²) in [5.74, 6) is 0. The van der Waals surface area contributed by atoms with Crippen molar-refractivity contribution in [2.45, 2.75) is 19.4 Å². The quantitative estimate of drug-likeness (QED) is 0.701. The summed E-state index contributed by atoms with van der Waals surface area (Å²) in [5, 5.41) is 0.564. The molecule has 1 saturated heterocycles. The zero-order valence-electron chi connectivity index (χ0n) is 10.1. The van der Waals surface area contributed by atoms with E-state index >= 15 is 0 Å². The summed E-state index contributed by atoms with van der Waals surface area (Å²) >= 11 is 5.92. The molecule has 0 aromatic carbocycles. The number of hydrogen-bond acceptors (Lipinski definition) is 3. The van der Waals surface area contributed by atoms with Crippen molar-refractivity contribution < 1.29 is 0 Å². The van der Waals surface area contributed by atoms with Crippen molar-refractivity contribution in [2.75, 3.05) is 31.6 Å². The van der Waals surface area contributed by atoms with E-state index in [2.05, 4.69) is 35.7 Å². The average molecular weight is 240 g/mol. The lowest BCUT2D eigenvalue weighted by molar-refractivity contribution is 0.139. The van der Waals surface area contributed by atoms with E-state index in [0.717, 1.165) is 19.6 Å². The Hall–Kier alpha value is -0.800. The molecule has 1 aliphatic heterocycles. The lowest BCUT2D eigenvalue weighted by Crippen LogP contribution is -2.57. The lowest BCUT2D eigenvalue weighted by atomic mass is 9.99. The zero-order valence-corrected chi connectivity index (χ0v) is 10.8. The van der Waals surface area contributed by atoms with Crippen LogP contribution in [0.15, 0.2) is 18.3 Å². The highest BCUT2D eigenvalue weighted by molar-refractivity contribution is 6.29. The van der Waals surface area contributed by atoms with Crippen molar-refractivity contribution in [3.05, 3.63) is 23.5 Å². The molecule has 4 heteroatoms. The van der Waals surface area contributed by atoms with Gasteiger partial charge in [0.2, 0.25) is 0 Å². The first kappa shape index (κ1) is 11.7. The van der Waals surface area contributed by atoms with Crippen molar-refractivity contribution in [2.24, 2.45) is 0 Å². The molecule has 0 N–H and O–H groups in total. The number of anilines is 1. The molecule has 1 aromatic heterocycles. The van der Waals surface area contributed by atoms with Gasteiger partial charge in [0.1, 0.15) is 5.15 Å². The van der Waals surface area contributed by atoms with Crippen molar-refractivity contribution >= 4 is 17.3 Å². The predicted octanol–water partition coefficient (Wildman–Crippen LogP) is 2.27. The van der Waals surface area contributed by atoms with E-state index < -0.39 is 0 Å². The summed E-state index contributed by atoms with van der Waals surface area (Å²) in [5.41, 5.74) is 1.37. The van der Waals surface area contributed by atoms with Crippen LogP contribution in [0.4, 0.5) is 5.69 Å². The van der Waals surface area contributed by atoms with Gasteiger partial charge in [-0.3, -0.25) is 4.90 Å². The monoisotopic (exact) mass is 239 g/mol. The third-order valence-electron chi connectivity index (χ3n) is 3.39. The van der Waals surface area contributed by atoms with Gasteiger partial charge in [-0.1, -0.05) is 11.6 Å². The number of halogens is 1. The Kier molecular flexibility index (Phi) is 3.08. The third kappa shape index (κ3) is 2.30. The van der Waals surface area contributed by atoms with Crippen LogP contribution in [-0.2, 0) is 0 Å². The summed E-state index contributed by atoms with van der Waals surface area (Å²) in [6.07, 6.45) is 1.77. The van der Waals surface area contributed by atoms with Crippen LogP contribution in [-0.4, -0.2) is 42.1 Å². The lowest BCUT2D eigenvalue weighted by Gasteiger charge is -2.46. The molecule has 88 valence electrons. The van der Waals surface area contributed by atoms with Gasteiger partial charge in [0, 0.05) is 37.1 Å². The van der Waals surface area contributed by atoms with Gasteiger partial charge < -0.3 is 4.90 Å². The Bertz CT molecular complexity index is 378. The number of likely N-dealkylation sites (N-methyl/N-ethyl adjacent to an activating group) is 1.